The second kappa shape index (κ2) is 5.88. The van der Waals surface area contributed by atoms with Crippen molar-refractivity contribution < 1.29 is 4.79 Å². The summed E-state index contributed by atoms with van der Waals surface area (Å²) < 4.78 is 0. The van der Waals surface area contributed by atoms with E-state index in [1.54, 1.807) is 11.0 Å². The molecule has 1 aliphatic rings. The van der Waals surface area contributed by atoms with E-state index in [0.717, 1.165) is 12.2 Å². The van der Waals surface area contributed by atoms with Crippen molar-refractivity contribution in [2.24, 2.45) is 0 Å². The zero-order valence-electron chi connectivity index (χ0n) is 11.0. The molecule has 4 nitrogen and oxygen atoms in total. The lowest BCUT2D eigenvalue weighted by atomic mass is 10.3. The maximum atomic E-state index is 11.9. The van der Waals surface area contributed by atoms with Crippen LogP contribution in [0.25, 0.3) is 0 Å². The Hall–Kier alpha value is -1.13. The zero-order chi connectivity index (χ0) is 14.0. The molecule has 1 aromatic carbocycles. The van der Waals surface area contributed by atoms with Crippen LogP contribution in [0.4, 0.5) is 10.5 Å². The van der Waals surface area contributed by atoms with Crippen molar-refractivity contribution in [3.63, 3.8) is 0 Å². The Bertz CT molecular complexity index is 459. The highest BCUT2D eigenvalue weighted by Gasteiger charge is 2.24. The number of carbonyl (C=O) groups is 1. The van der Waals surface area contributed by atoms with Crippen LogP contribution in [0.2, 0.25) is 10.0 Å². The minimum absolute atomic E-state index is 0.0365. The van der Waals surface area contributed by atoms with Gasteiger partial charge >= 0.3 is 6.03 Å². The SMILES string of the molecule is CC(C)NC(=O)N1CCN(c2cc(Cl)cc(Cl)c2)C1. The first-order chi connectivity index (χ1) is 8.95. The predicted octanol–water partition coefficient (Wildman–Crippen LogP) is 3.19. The van der Waals surface area contributed by atoms with Crippen LogP contribution in [-0.4, -0.2) is 36.7 Å². The molecule has 0 radical (unpaired) electrons. The first kappa shape index (κ1) is 14.3. The van der Waals surface area contributed by atoms with Gasteiger partial charge in [-0.05, 0) is 32.0 Å². The fraction of sp³-hybridized carbons (Fsp3) is 0.462. The lowest BCUT2D eigenvalue weighted by Crippen LogP contribution is -2.42. The van der Waals surface area contributed by atoms with Crippen LogP contribution >= 0.6 is 23.2 Å². The van der Waals surface area contributed by atoms with Gasteiger partial charge in [-0.1, -0.05) is 23.2 Å². The molecule has 0 unspecified atom stereocenters. The number of hydrogen-bond donors (Lipinski definition) is 1. The summed E-state index contributed by atoms with van der Waals surface area (Å²) in [5, 5.41) is 4.10. The van der Waals surface area contributed by atoms with Gasteiger partial charge in [-0.3, -0.25) is 0 Å². The van der Waals surface area contributed by atoms with E-state index in [0.29, 0.717) is 23.3 Å². The van der Waals surface area contributed by atoms with Gasteiger partial charge < -0.3 is 15.1 Å². The molecule has 0 atom stereocenters. The van der Waals surface area contributed by atoms with Crippen LogP contribution in [0.1, 0.15) is 13.8 Å². The van der Waals surface area contributed by atoms with Gasteiger partial charge in [-0.2, -0.15) is 0 Å². The molecule has 1 N–H and O–H groups in total. The molecule has 6 heteroatoms. The first-order valence-electron chi connectivity index (χ1n) is 6.22. The summed E-state index contributed by atoms with van der Waals surface area (Å²) in [6.07, 6.45) is 0. The van der Waals surface area contributed by atoms with Crippen LogP contribution in [0, 0.1) is 0 Å². The second-order valence-corrected chi connectivity index (χ2v) is 5.77. The molecule has 0 saturated carbocycles. The van der Waals surface area contributed by atoms with Crippen molar-refractivity contribution >= 4 is 34.9 Å². The third-order valence-electron chi connectivity index (χ3n) is 2.89. The van der Waals surface area contributed by atoms with Gasteiger partial charge in [-0.15, -0.1) is 0 Å². The molecule has 1 heterocycles. The van der Waals surface area contributed by atoms with E-state index >= 15 is 0 Å². The monoisotopic (exact) mass is 301 g/mol. The van der Waals surface area contributed by atoms with Crippen LogP contribution in [0.3, 0.4) is 0 Å². The maximum absolute atomic E-state index is 11.9. The molecule has 0 aliphatic carbocycles. The van der Waals surface area contributed by atoms with Gasteiger partial charge in [-0.25, -0.2) is 4.79 Å². The minimum Gasteiger partial charge on any atom is -0.352 e. The predicted molar refractivity (Wildman–Crippen MR) is 79.0 cm³/mol. The van der Waals surface area contributed by atoms with E-state index in [-0.39, 0.29) is 12.1 Å². The van der Waals surface area contributed by atoms with E-state index in [1.165, 1.54) is 0 Å². The minimum atomic E-state index is -0.0365. The topological polar surface area (TPSA) is 35.6 Å². The fourth-order valence-corrected chi connectivity index (χ4v) is 2.54. The highest BCUT2D eigenvalue weighted by atomic mass is 35.5. The number of amides is 2. The lowest BCUT2D eigenvalue weighted by molar-refractivity contribution is 0.206. The van der Waals surface area contributed by atoms with Gasteiger partial charge in [0.2, 0.25) is 0 Å². The van der Waals surface area contributed by atoms with Crippen LogP contribution in [0.15, 0.2) is 18.2 Å². The van der Waals surface area contributed by atoms with E-state index in [9.17, 15) is 4.79 Å². The summed E-state index contributed by atoms with van der Waals surface area (Å²) >= 11 is 12.0. The largest absolute Gasteiger partial charge is 0.352 e. The summed E-state index contributed by atoms with van der Waals surface area (Å²) in [4.78, 5) is 15.8. The van der Waals surface area contributed by atoms with E-state index in [2.05, 4.69) is 10.2 Å². The standard InChI is InChI=1S/C13H17Cl2N3O/c1-9(2)16-13(19)18-4-3-17(8-18)12-6-10(14)5-11(15)7-12/h5-7,9H,3-4,8H2,1-2H3,(H,16,19). The summed E-state index contributed by atoms with van der Waals surface area (Å²) in [7, 11) is 0. The number of urea groups is 1. The molecule has 2 amide bonds. The molecule has 104 valence electrons. The molecule has 0 bridgehead atoms. The number of benzene rings is 1. The Balaban J connectivity index is 2.03. The van der Waals surface area contributed by atoms with Crippen LogP contribution in [0.5, 0.6) is 0 Å². The van der Waals surface area contributed by atoms with Crippen molar-refractivity contribution in [2.45, 2.75) is 19.9 Å². The average Bonchev–Trinajstić information content (AvgIpc) is 2.75. The molecule has 1 aliphatic heterocycles. The Labute approximate surface area is 123 Å². The normalized spacial score (nSPS) is 15.2. The molecular weight excluding hydrogens is 285 g/mol. The van der Waals surface area contributed by atoms with Gasteiger partial charge in [0, 0.05) is 34.9 Å². The molecule has 19 heavy (non-hydrogen) atoms. The number of nitrogens with zero attached hydrogens (tertiary/aromatic N) is 2. The molecule has 1 aromatic rings. The number of halogens is 2. The average molecular weight is 302 g/mol. The molecule has 1 fully saturated rings. The number of carbonyl (C=O) groups excluding carboxylic acids is 1. The van der Waals surface area contributed by atoms with E-state index in [4.69, 9.17) is 23.2 Å². The number of nitrogens with one attached hydrogen (secondary N) is 1. The number of anilines is 1. The van der Waals surface area contributed by atoms with E-state index < -0.39 is 0 Å². The second-order valence-electron chi connectivity index (χ2n) is 4.90. The van der Waals surface area contributed by atoms with E-state index in [1.807, 2.05) is 26.0 Å². The van der Waals surface area contributed by atoms with Gasteiger partial charge in [0.1, 0.15) is 0 Å². The van der Waals surface area contributed by atoms with Crippen molar-refractivity contribution in [3.8, 4) is 0 Å². The van der Waals surface area contributed by atoms with Crippen molar-refractivity contribution in [1.82, 2.24) is 10.2 Å². The summed E-state index contributed by atoms with van der Waals surface area (Å²) in [5.41, 5.74) is 0.942. The molecule has 0 aromatic heterocycles. The highest BCUT2D eigenvalue weighted by molar-refractivity contribution is 6.35. The molecule has 0 spiro atoms. The first-order valence-corrected chi connectivity index (χ1v) is 6.98. The summed E-state index contributed by atoms with van der Waals surface area (Å²) in [6.45, 7) is 5.92. The third kappa shape index (κ3) is 3.67. The van der Waals surface area contributed by atoms with Gasteiger partial charge in [0.05, 0.1) is 6.67 Å². The van der Waals surface area contributed by atoms with Crippen LogP contribution < -0.4 is 10.2 Å². The Morgan fingerprint density at radius 3 is 2.42 bits per heavy atom. The third-order valence-corrected chi connectivity index (χ3v) is 3.33. The summed E-state index contributed by atoms with van der Waals surface area (Å²) in [5.74, 6) is 0. The Morgan fingerprint density at radius 1 is 1.21 bits per heavy atom. The Morgan fingerprint density at radius 2 is 1.84 bits per heavy atom. The molecule has 2 rings (SSSR count). The van der Waals surface area contributed by atoms with Crippen molar-refractivity contribution in [3.05, 3.63) is 28.2 Å². The van der Waals surface area contributed by atoms with Crippen molar-refractivity contribution in [1.29, 1.82) is 0 Å². The molecule has 1 saturated heterocycles. The highest BCUT2D eigenvalue weighted by Crippen LogP contribution is 2.27. The Kier molecular flexibility index (Phi) is 4.42. The lowest BCUT2D eigenvalue weighted by Gasteiger charge is -2.21. The van der Waals surface area contributed by atoms with Crippen LogP contribution in [-0.2, 0) is 0 Å². The van der Waals surface area contributed by atoms with Gasteiger partial charge in [0.15, 0.2) is 0 Å². The maximum Gasteiger partial charge on any atom is 0.319 e. The number of rotatable bonds is 2. The smallest absolute Gasteiger partial charge is 0.319 e. The van der Waals surface area contributed by atoms with Gasteiger partial charge in [0.25, 0.3) is 0 Å². The zero-order valence-corrected chi connectivity index (χ0v) is 12.5. The quantitative estimate of drug-likeness (QED) is 0.910. The fourth-order valence-electron chi connectivity index (χ4n) is 2.03. The molecular formula is C13H17Cl2N3O. The summed E-state index contributed by atoms with van der Waals surface area (Å²) in [6, 6.07) is 5.52. The number of hydrogen-bond acceptors (Lipinski definition) is 2. The van der Waals surface area contributed by atoms with Crippen molar-refractivity contribution in [2.75, 3.05) is 24.7 Å².